The second-order valence-corrected chi connectivity index (χ2v) is 13.8. The first-order valence-electron chi connectivity index (χ1n) is 14.6. The van der Waals surface area contributed by atoms with E-state index >= 15 is 0 Å². The van der Waals surface area contributed by atoms with Gasteiger partial charge in [-0.05, 0) is 81.1 Å². The molecule has 0 unspecified atom stereocenters. The summed E-state index contributed by atoms with van der Waals surface area (Å²) < 4.78 is 74.3. The van der Waals surface area contributed by atoms with Gasteiger partial charge >= 0.3 is 6.18 Å². The number of benzene rings is 2. The lowest BCUT2D eigenvalue weighted by Crippen LogP contribution is -2.43. The van der Waals surface area contributed by atoms with Crippen molar-refractivity contribution < 1.29 is 31.1 Å². The second-order valence-electron chi connectivity index (χ2n) is 11.7. The Kier molecular flexibility index (Phi) is 9.38. The van der Waals surface area contributed by atoms with Crippen molar-refractivity contribution in [3.05, 3.63) is 76.6 Å². The van der Waals surface area contributed by atoms with Crippen LogP contribution in [0.3, 0.4) is 0 Å². The fraction of sp³-hybridized carbons (Fsp3) is 0.452. The van der Waals surface area contributed by atoms with E-state index in [1.807, 2.05) is 19.2 Å². The Morgan fingerprint density at radius 1 is 1.16 bits per heavy atom. The standard InChI is InChI=1S/C31H37F3N6O4S/c1-39-13-11-22(12-14-39)36-29(41)20-9-10-27(44-3)26(16-20)38-30-35-18-24(31(32,33)34)25(37-30)17-21-15-19-7-5-6-8-23(19)28(21)40(2)45(4,42)43/h5-10,16,18,21-22,28H,11-15,17H2,1-4H3,(H,36,41)(H,35,37,38)/t21-,28-/m0/s1. The number of hydrogen-bond donors (Lipinski definition) is 2. The van der Waals surface area contributed by atoms with E-state index in [2.05, 4.69) is 25.5 Å². The van der Waals surface area contributed by atoms with Crippen molar-refractivity contribution in [2.24, 2.45) is 5.92 Å². The Morgan fingerprint density at radius 2 is 1.87 bits per heavy atom. The first kappa shape index (κ1) is 32.6. The Labute approximate surface area is 261 Å². The molecule has 1 aliphatic carbocycles. The summed E-state index contributed by atoms with van der Waals surface area (Å²) in [5.74, 6) is -0.553. The van der Waals surface area contributed by atoms with Gasteiger partial charge in [0.2, 0.25) is 16.0 Å². The van der Waals surface area contributed by atoms with Gasteiger partial charge in [-0.25, -0.2) is 18.4 Å². The summed E-state index contributed by atoms with van der Waals surface area (Å²) in [4.78, 5) is 23.5. The normalized spacial score (nSPS) is 19.4. The number of ether oxygens (including phenoxy) is 1. The predicted octanol–water partition coefficient (Wildman–Crippen LogP) is 4.42. The summed E-state index contributed by atoms with van der Waals surface area (Å²) in [5.41, 5.74) is 1.03. The van der Waals surface area contributed by atoms with E-state index in [1.165, 1.54) is 18.5 Å². The maximum atomic E-state index is 14.2. The number of nitrogens with zero attached hydrogens (tertiary/aromatic N) is 4. The summed E-state index contributed by atoms with van der Waals surface area (Å²) >= 11 is 0. The van der Waals surface area contributed by atoms with Crippen molar-refractivity contribution in [3.8, 4) is 5.75 Å². The van der Waals surface area contributed by atoms with Gasteiger partial charge < -0.3 is 20.3 Å². The van der Waals surface area contributed by atoms with Crippen molar-refractivity contribution in [3.63, 3.8) is 0 Å². The number of fused-ring (bicyclic) bond motifs is 1. The minimum atomic E-state index is -4.73. The van der Waals surface area contributed by atoms with Gasteiger partial charge in [-0.15, -0.1) is 0 Å². The first-order chi connectivity index (χ1) is 21.2. The lowest BCUT2D eigenvalue weighted by molar-refractivity contribution is -0.138. The Balaban J connectivity index is 1.44. The van der Waals surface area contributed by atoms with E-state index in [9.17, 15) is 26.4 Å². The minimum Gasteiger partial charge on any atom is -0.495 e. The van der Waals surface area contributed by atoms with Crippen LogP contribution in [0.1, 0.15) is 51.6 Å². The Morgan fingerprint density at radius 3 is 2.53 bits per heavy atom. The molecular formula is C31H37F3N6O4S. The van der Waals surface area contributed by atoms with Crippen LogP contribution in [-0.2, 0) is 29.0 Å². The summed E-state index contributed by atoms with van der Waals surface area (Å²) in [6.45, 7) is 1.76. The molecule has 2 aliphatic rings. The highest BCUT2D eigenvalue weighted by Crippen LogP contribution is 2.43. The molecule has 1 amide bonds. The molecule has 242 valence electrons. The topological polar surface area (TPSA) is 117 Å². The monoisotopic (exact) mass is 646 g/mol. The van der Waals surface area contributed by atoms with Crippen molar-refractivity contribution in [1.82, 2.24) is 24.5 Å². The van der Waals surface area contributed by atoms with Gasteiger partial charge in [0.1, 0.15) is 5.75 Å². The third-order valence-corrected chi connectivity index (χ3v) is 9.88. The highest BCUT2D eigenvalue weighted by molar-refractivity contribution is 7.88. The molecule has 2 heterocycles. The number of piperidine rings is 1. The summed E-state index contributed by atoms with van der Waals surface area (Å²) in [6, 6.07) is 11.4. The SMILES string of the molecule is COc1ccc(C(=O)NC2CCN(C)CC2)cc1Nc1ncc(C(F)(F)F)c(C[C@@H]2Cc3ccccc3[C@H]2N(C)S(C)(=O)=O)n1. The zero-order valence-corrected chi connectivity index (χ0v) is 26.4. The molecule has 10 nitrogen and oxygen atoms in total. The molecule has 3 aromatic rings. The second kappa shape index (κ2) is 12.9. The van der Waals surface area contributed by atoms with Crippen LogP contribution in [0.15, 0.2) is 48.7 Å². The lowest BCUT2D eigenvalue weighted by Gasteiger charge is -2.29. The maximum Gasteiger partial charge on any atom is 0.419 e. The van der Waals surface area contributed by atoms with Crippen LogP contribution in [0, 0.1) is 5.92 Å². The van der Waals surface area contributed by atoms with E-state index in [0.29, 0.717) is 23.4 Å². The fourth-order valence-electron chi connectivity index (χ4n) is 6.15. The van der Waals surface area contributed by atoms with Gasteiger partial charge in [-0.2, -0.15) is 17.5 Å². The molecule has 2 aromatic carbocycles. The van der Waals surface area contributed by atoms with Crippen LogP contribution in [0.25, 0.3) is 0 Å². The summed E-state index contributed by atoms with van der Waals surface area (Å²) in [6.07, 6.45) is -1.04. The molecule has 45 heavy (non-hydrogen) atoms. The lowest BCUT2D eigenvalue weighted by atomic mass is 9.93. The minimum absolute atomic E-state index is 0.0420. The average Bonchev–Trinajstić information content (AvgIpc) is 3.34. The van der Waals surface area contributed by atoms with Crippen LogP contribution in [-0.4, -0.2) is 80.1 Å². The molecule has 14 heteroatoms. The smallest absolute Gasteiger partial charge is 0.419 e. The summed E-state index contributed by atoms with van der Waals surface area (Å²) in [7, 11) is 1.26. The number of aromatic nitrogens is 2. The fourth-order valence-corrected chi connectivity index (χ4v) is 6.84. The van der Waals surface area contributed by atoms with Crippen molar-refractivity contribution >= 4 is 27.6 Å². The molecule has 1 saturated heterocycles. The van der Waals surface area contributed by atoms with Crippen molar-refractivity contribution in [1.29, 1.82) is 0 Å². The number of likely N-dealkylation sites (tertiary alicyclic amines) is 1. The van der Waals surface area contributed by atoms with Crippen LogP contribution >= 0.6 is 0 Å². The number of amides is 1. The van der Waals surface area contributed by atoms with E-state index < -0.39 is 33.7 Å². The number of methoxy groups -OCH3 is 1. The van der Waals surface area contributed by atoms with Gasteiger partial charge in [-0.3, -0.25) is 4.79 Å². The maximum absolute atomic E-state index is 14.2. The quantitative estimate of drug-likeness (QED) is 0.351. The van der Waals surface area contributed by atoms with Crippen LogP contribution in [0.4, 0.5) is 24.8 Å². The van der Waals surface area contributed by atoms with Gasteiger partial charge in [0, 0.05) is 24.8 Å². The van der Waals surface area contributed by atoms with E-state index in [4.69, 9.17) is 4.74 Å². The van der Waals surface area contributed by atoms with Crippen molar-refractivity contribution in [2.45, 2.75) is 43.9 Å². The number of carbonyl (C=O) groups is 1. The third-order valence-electron chi connectivity index (χ3n) is 8.61. The number of anilines is 2. The van der Waals surface area contributed by atoms with Crippen LogP contribution in [0.2, 0.25) is 0 Å². The highest BCUT2D eigenvalue weighted by Gasteiger charge is 2.41. The molecular weight excluding hydrogens is 609 g/mol. The van der Waals surface area contributed by atoms with Crippen LogP contribution in [0.5, 0.6) is 5.75 Å². The van der Waals surface area contributed by atoms with Gasteiger partial charge in [0.15, 0.2) is 0 Å². The first-order valence-corrected chi connectivity index (χ1v) is 16.5. The molecule has 2 N–H and O–H groups in total. The largest absolute Gasteiger partial charge is 0.495 e. The average molecular weight is 647 g/mol. The molecule has 1 aliphatic heterocycles. The number of halogens is 3. The zero-order chi connectivity index (χ0) is 32.5. The van der Waals surface area contributed by atoms with Crippen LogP contribution < -0.4 is 15.4 Å². The highest BCUT2D eigenvalue weighted by atomic mass is 32.2. The molecule has 0 bridgehead atoms. The molecule has 0 radical (unpaired) electrons. The number of sulfonamides is 1. The molecule has 0 saturated carbocycles. The number of nitrogens with one attached hydrogen (secondary N) is 2. The third kappa shape index (κ3) is 7.39. The van der Waals surface area contributed by atoms with Gasteiger partial charge in [-0.1, -0.05) is 24.3 Å². The number of hydrogen-bond acceptors (Lipinski definition) is 8. The molecule has 0 spiro atoms. The van der Waals surface area contributed by atoms with Gasteiger partial charge in [0.25, 0.3) is 5.91 Å². The zero-order valence-electron chi connectivity index (χ0n) is 25.6. The number of alkyl halides is 3. The van der Waals surface area contributed by atoms with E-state index in [0.717, 1.165) is 49.5 Å². The summed E-state index contributed by atoms with van der Waals surface area (Å²) in [5, 5.41) is 5.99. The predicted molar refractivity (Wildman–Crippen MR) is 164 cm³/mol. The molecule has 5 rings (SSSR count). The Bertz CT molecular complexity index is 1660. The molecule has 2 atom stereocenters. The molecule has 1 aromatic heterocycles. The van der Waals surface area contributed by atoms with E-state index in [-0.39, 0.29) is 30.0 Å². The van der Waals surface area contributed by atoms with Crippen molar-refractivity contribution in [2.75, 3.05) is 45.9 Å². The number of rotatable bonds is 9. The van der Waals surface area contributed by atoms with E-state index in [1.54, 1.807) is 30.3 Å². The van der Waals surface area contributed by atoms with Gasteiger partial charge in [0.05, 0.1) is 36.4 Å². The Hall–Kier alpha value is -3.75. The molecule has 1 fully saturated rings. The number of carbonyl (C=O) groups excluding carboxylic acids is 1.